The number of aliphatic hydroxyl groups is 1. The van der Waals surface area contributed by atoms with Crippen molar-refractivity contribution >= 4 is 0 Å². The highest BCUT2D eigenvalue weighted by molar-refractivity contribution is 5.32. The van der Waals surface area contributed by atoms with E-state index in [1.54, 1.807) is 0 Å². The third kappa shape index (κ3) is 4.63. The quantitative estimate of drug-likeness (QED) is 0.644. The summed E-state index contributed by atoms with van der Waals surface area (Å²) < 4.78 is 0. The topological polar surface area (TPSA) is 20.2 Å². The molecule has 2 rings (SSSR count). The molecule has 0 aliphatic heterocycles. The zero-order valence-corrected chi connectivity index (χ0v) is 13.0. The van der Waals surface area contributed by atoms with E-state index in [1.165, 1.54) is 62.5 Å². The second-order valence-corrected chi connectivity index (χ2v) is 6.38. The highest BCUT2D eigenvalue weighted by atomic mass is 16.3. The Labute approximate surface area is 124 Å². The van der Waals surface area contributed by atoms with Crippen LogP contribution >= 0.6 is 0 Å². The van der Waals surface area contributed by atoms with E-state index >= 15 is 0 Å². The molecule has 0 bridgehead atoms. The first-order valence-corrected chi connectivity index (χ1v) is 8.57. The van der Waals surface area contributed by atoms with Crippen LogP contribution in [0.5, 0.6) is 0 Å². The Balaban J connectivity index is 1.76. The molecular formula is C19H30O. The number of aryl methyl sites for hydroxylation is 1. The molecule has 2 atom stereocenters. The predicted octanol–water partition coefficient (Wildman–Crippen LogP) is 5.22. The molecule has 0 aromatic heterocycles. The summed E-state index contributed by atoms with van der Waals surface area (Å²) in [5.74, 6) is 0.589. The van der Waals surface area contributed by atoms with Gasteiger partial charge in [-0.3, -0.25) is 0 Å². The SMILES string of the molecule is CCCCCCCC(O)CC1CCCc2ccccc21. The Morgan fingerprint density at radius 1 is 1.15 bits per heavy atom. The van der Waals surface area contributed by atoms with Crippen molar-refractivity contribution in [1.82, 2.24) is 0 Å². The van der Waals surface area contributed by atoms with Crippen LogP contribution in [-0.2, 0) is 6.42 Å². The molecule has 1 aliphatic rings. The minimum Gasteiger partial charge on any atom is -0.393 e. The largest absolute Gasteiger partial charge is 0.393 e. The molecule has 1 aromatic carbocycles. The summed E-state index contributed by atoms with van der Waals surface area (Å²) in [6.07, 6.45) is 12.0. The lowest BCUT2D eigenvalue weighted by Crippen LogP contribution is -2.17. The number of rotatable bonds is 8. The van der Waals surface area contributed by atoms with Crippen LogP contribution in [-0.4, -0.2) is 11.2 Å². The third-order valence-electron chi connectivity index (χ3n) is 4.69. The fourth-order valence-corrected chi connectivity index (χ4v) is 3.53. The fourth-order valence-electron chi connectivity index (χ4n) is 3.53. The van der Waals surface area contributed by atoms with Crippen molar-refractivity contribution in [1.29, 1.82) is 0 Å². The second kappa shape index (κ2) is 8.46. The van der Waals surface area contributed by atoms with E-state index in [0.717, 1.165) is 12.8 Å². The predicted molar refractivity (Wildman–Crippen MR) is 86.1 cm³/mol. The molecule has 0 heterocycles. The van der Waals surface area contributed by atoms with Gasteiger partial charge in [0.1, 0.15) is 0 Å². The maximum atomic E-state index is 10.3. The molecule has 1 aliphatic carbocycles. The molecule has 1 aromatic rings. The van der Waals surface area contributed by atoms with Crippen molar-refractivity contribution in [3.8, 4) is 0 Å². The molecule has 1 heteroatoms. The van der Waals surface area contributed by atoms with Gasteiger partial charge in [-0.15, -0.1) is 0 Å². The van der Waals surface area contributed by atoms with E-state index in [2.05, 4.69) is 31.2 Å². The number of hydrogen-bond acceptors (Lipinski definition) is 1. The monoisotopic (exact) mass is 274 g/mol. The highest BCUT2D eigenvalue weighted by Crippen LogP contribution is 2.35. The van der Waals surface area contributed by atoms with Gasteiger partial charge in [0.2, 0.25) is 0 Å². The van der Waals surface area contributed by atoms with Gasteiger partial charge in [0.25, 0.3) is 0 Å². The molecule has 1 N–H and O–H groups in total. The van der Waals surface area contributed by atoms with Gasteiger partial charge in [-0.05, 0) is 49.1 Å². The maximum Gasteiger partial charge on any atom is 0.0546 e. The van der Waals surface area contributed by atoms with Gasteiger partial charge in [0.15, 0.2) is 0 Å². The normalized spacial score (nSPS) is 19.6. The molecule has 0 spiro atoms. The Morgan fingerprint density at radius 2 is 1.95 bits per heavy atom. The van der Waals surface area contributed by atoms with Crippen molar-refractivity contribution in [3.05, 3.63) is 35.4 Å². The highest BCUT2D eigenvalue weighted by Gasteiger charge is 2.22. The van der Waals surface area contributed by atoms with Crippen LogP contribution in [0.15, 0.2) is 24.3 Å². The van der Waals surface area contributed by atoms with E-state index in [4.69, 9.17) is 0 Å². The Morgan fingerprint density at radius 3 is 2.80 bits per heavy atom. The van der Waals surface area contributed by atoms with Gasteiger partial charge in [0.05, 0.1) is 6.10 Å². The van der Waals surface area contributed by atoms with Crippen LogP contribution in [0.4, 0.5) is 0 Å². The molecule has 2 unspecified atom stereocenters. The van der Waals surface area contributed by atoms with Gasteiger partial charge >= 0.3 is 0 Å². The van der Waals surface area contributed by atoms with Crippen LogP contribution in [0.25, 0.3) is 0 Å². The van der Waals surface area contributed by atoms with Crippen molar-refractivity contribution in [3.63, 3.8) is 0 Å². The van der Waals surface area contributed by atoms with Crippen molar-refractivity contribution in [2.75, 3.05) is 0 Å². The molecule has 0 saturated heterocycles. The molecule has 20 heavy (non-hydrogen) atoms. The molecule has 112 valence electrons. The Hall–Kier alpha value is -0.820. The van der Waals surface area contributed by atoms with E-state index in [1.807, 2.05) is 0 Å². The van der Waals surface area contributed by atoms with Crippen molar-refractivity contribution in [2.24, 2.45) is 0 Å². The minimum atomic E-state index is -0.104. The first kappa shape index (κ1) is 15.6. The number of fused-ring (bicyclic) bond motifs is 1. The molecule has 0 radical (unpaired) electrons. The second-order valence-electron chi connectivity index (χ2n) is 6.38. The van der Waals surface area contributed by atoms with Gasteiger partial charge in [0, 0.05) is 0 Å². The molecule has 0 amide bonds. The smallest absolute Gasteiger partial charge is 0.0546 e. The van der Waals surface area contributed by atoms with Crippen LogP contribution in [0, 0.1) is 0 Å². The average molecular weight is 274 g/mol. The van der Waals surface area contributed by atoms with Crippen LogP contribution < -0.4 is 0 Å². The van der Waals surface area contributed by atoms with Gasteiger partial charge in [-0.2, -0.15) is 0 Å². The summed E-state index contributed by atoms with van der Waals surface area (Å²) in [6.45, 7) is 2.25. The fraction of sp³-hybridized carbons (Fsp3) is 0.684. The van der Waals surface area contributed by atoms with E-state index < -0.39 is 0 Å². The average Bonchev–Trinajstić information content (AvgIpc) is 2.47. The number of unbranched alkanes of at least 4 members (excludes halogenated alkanes) is 4. The summed E-state index contributed by atoms with van der Waals surface area (Å²) in [5, 5.41) is 10.3. The number of hydrogen-bond donors (Lipinski definition) is 1. The maximum absolute atomic E-state index is 10.3. The zero-order valence-electron chi connectivity index (χ0n) is 13.0. The Bertz CT molecular complexity index is 385. The Kier molecular flexibility index (Phi) is 6.59. The summed E-state index contributed by atoms with van der Waals surface area (Å²) in [4.78, 5) is 0. The zero-order chi connectivity index (χ0) is 14.2. The third-order valence-corrected chi connectivity index (χ3v) is 4.69. The lowest BCUT2D eigenvalue weighted by molar-refractivity contribution is 0.139. The molecule has 1 nitrogen and oxygen atoms in total. The van der Waals surface area contributed by atoms with Crippen LogP contribution in [0.2, 0.25) is 0 Å². The van der Waals surface area contributed by atoms with E-state index in [-0.39, 0.29) is 6.10 Å². The van der Waals surface area contributed by atoms with Crippen molar-refractivity contribution in [2.45, 2.75) is 83.2 Å². The van der Waals surface area contributed by atoms with Crippen molar-refractivity contribution < 1.29 is 5.11 Å². The molecular weight excluding hydrogens is 244 g/mol. The molecule has 0 saturated carbocycles. The lowest BCUT2D eigenvalue weighted by atomic mass is 9.79. The summed E-state index contributed by atoms with van der Waals surface area (Å²) in [6, 6.07) is 8.82. The van der Waals surface area contributed by atoms with Crippen LogP contribution in [0.1, 0.15) is 81.8 Å². The van der Waals surface area contributed by atoms with Crippen LogP contribution in [0.3, 0.4) is 0 Å². The molecule has 0 fully saturated rings. The number of aliphatic hydroxyl groups excluding tert-OH is 1. The van der Waals surface area contributed by atoms with Gasteiger partial charge < -0.3 is 5.11 Å². The van der Waals surface area contributed by atoms with E-state index in [9.17, 15) is 5.11 Å². The first-order valence-electron chi connectivity index (χ1n) is 8.57. The number of benzene rings is 1. The lowest BCUT2D eigenvalue weighted by Gasteiger charge is -2.27. The summed E-state index contributed by atoms with van der Waals surface area (Å²) in [7, 11) is 0. The standard InChI is InChI=1S/C19H30O/c1-2-3-4-5-6-13-18(20)15-17-12-9-11-16-10-7-8-14-19(16)17/h7-8,10,14,17-18,20H,2-6,9,11-13,15H2,1H3. The minimum absolute atomic E-state index is 0.104. The summed E-state index contributed by atoms with van der Waals surface area (Å²) >= 11 is 0. The van der Waals surface area contributed by atoms with Gasteiger partial charge in [-0.1, -0.05) is 63.3 Å². The van der Waals surface area contributed by atoms with Gasteiger partial charge in [-0.25, -0.2) is 0 Å². The van der Waals surface area contributed by atoms with E-state index in [0.29, 0.717) is 5.92 Å². The summed E-state index contributed by atoms with van der Waals surface area (Å²) in [5.41, 5.74) is 3.02. The first-order chi connectivity index (χ1) is 9.81.